The minimum Gasteiger partial charge on any atom is -0.368 e. The normalized spacial score (nSPS) is 17.9. The van der Waals surface area contributed by atoms with E-state index >= 15 is 0 Å². The van der Waals surface area contributed by atoms with Crippen LogP contribution < -0.4 is 21.7 Å². The number of carbonyl (C=O) groups is 5. The number of amides is 5. The van der Waals surface area contributed by atoms with Gasteiger partial charge in [-0.05, 0) is 31.3 Å². The molecule has 5 amide bonds. The van der Waals surface area contributed by atoms with Crippen molar-refractivity contribution in [3.05, 3.63) is 0 Å². The molecule has 1 aliphatic rings. The van der Waals surface area contributed by atoms with Gasteiger partial charge in [0.2, 0.25) is 29.5 Å². The number of nitrogens with one attached hydrogen (secondary N) is 3. The van der Waals surface area contributed by atoms with E-state index in [0.29, 0.717) is 31.6 Å². The van der Waals surface area contributed by atoms with Crippen molar-refractivity contribution in [1.82, 2.24) is 20.9 Å². The molecule has 0 aromatic carbocycles. The summed E-state index contributed by atoms with van der Waals surface area (Å²) in [4.78, 5) is 61.5. The third kappa shape index (κ3) is 8.13. The molecule has 5 N–H and O–H groups in total. The van der Waals surface area contributed by atoms with Crippen LogP contribution in [-0.4, -0.2) is 83.4 Å². The number of carbonyl (C=O) groups excluding carboxylic acids is 5. The first-order valence-electron chi connectivity index (χ1n) is 9.25. The highest BCUT2D eigenvalue weighted by Gasteiger charge is 2.38. The highest BCUT2D eigenvalue weighted by Crippen LogP contribution is 2.20. The minimum atomic E-state index is -0.967. The van der Waals surface area contributed by atoms with Crippen LogP contribution in [0.1, 0.15) is 26.2 Å². The number of hydrogen-bond donors (Lipinski definition) is 5. The molecule has 1 fully saturated rings. The molecule has 1 aliphatic heterocycles. The monoisotopic (exact) mass is 447 g/mol. The van der Waals surface area contributed by atoms with Crippen molar-refractivity contribution in [3.8, 4) is 0 Å². The van der Waals surface area contributed by atoms with Crippen LogP contribution in [-0.2, 0) is 24.0 Å². The Morgan fingerprint density at radius 2 is 1.90 bits per heavy atom. The SMILES string of the molecule is CSCCC(NC(C)=O)C(=O)N1CCCC1C(=O)N[C@H](CS)C(=O)NCC(N)=O. The van der Waals surface area contributed by atoms with Crippen LogP contribution in [0.25, 0.3) is 0 Å². The Morgan fingerprint density at radius 1 is 1.21 bits per heavy atom. The molecule has 10 nitrogen and oxygen atoms in total. The van der Waals surface area contributed by atoms with Crippen LogP contribution in [0.15, 0.2) is 0 Å². The van der Waals surface area contributed by atoms with Crippen LogP contribution in [0.2, 0.25) is 0 Å². The molecular weight excluding hydrogens is 418 g/mol. The molecule has 1 rings (SSSR count). The topological polar surface area (TPSA) is 151 Å². The fourth-order valence-corrected chi connectivity index (χ4v) is 3.73. The van der Waals surface area contributed by atoms with E-state index < -0.39 is 35.8 Å². The zero-order valence-electron chi connectivity index (χ0n) is 16.6. The zero-order valence-corrected chi connectivity index (χ0v) is 18.3. The molecule has 0 aromatic heterocycles. The first-order valence-corrected chi connectivity index (χ1v) is 11.3. The quantitative estimate of drug-likeness (QED) is 0.237. The molecule has 0 saturated carbocycles. The van der Waals surface area contributed by atoms with E-state index in [1.807, 2.05) is 6.26 Å². The van der Waals surface area contributed by atoms with Crippen LogP contribution >= 0.6 is 24.4 Å². The molecule has 0 aromatic rings. The molecule has 0 radical (unpaired) electrons. The molecular formula is C17H29N5O5S2. The smallest absolute Gasteiger partial charge is 0.245 e. The zero-order chi connectivity index (χ0) is 22.0. The summed E-state index contributed by atoms with van der Waals surface area (Å²) in [5.74, 6) is -1.69. The number of likely N-dealkylation sites (tertiary alicyclic amines) is 1. The number of primary amides is 1. The van der Waals surface area contributed by atoms with Crippen molar-refractivity contribution >= 4 is 53.9 Å². The molecule has 1 heterocycles. The van der Waals surface area contributed by atoms with Crippen molar-refractivity contribution in [3.63, 3.8) is 0 Å². The molecule has 1 saturated heterocycles. The Labute approximate surface area is 179 Å². The lowest BCUT2D eigenvalue weighted by Gasteiger charge is -2.29. The van der Waals surface area contributed by atoms with Gasteiger partial charge in [-0.15, -0.1) is 0 Å². The second kappa shape index (κ2) is 12.6. The highest BCUT2D eigenvalue weighted by atomic mass is 32.2. The second-order valence-electron chi connectivity index (χ2n) is 6.65. The van der Waals surface area contributed by atoms with Gasteiger partial charge in [0.05, 0.1) is 6.54 Å². The highest BCUT2D eigenvalue weighted by molar-refractivity contribution is 7.98. The van der Waals surface area contributed by atoms with Crippen LogP contribution in [0, 0.1) is 0 Å². The average Bonchev–Trinajstić information content (AvgIpc) is 3.16. The second-order valence-corrected chi connectivity index (χ2v) is 8.00. The van der Waals surface area contributed by atoms with E-state index in [4.69, 9.17) is 5.73 Å². The van der Waals surface area contributed by atoms with Gasteiger partial charge in [0.15, 0.2) is 0 Å². The maximum atomic E-state index is 12.9. The summed E-state index contributed by atoms with van der Waals surface area (Å²) in [6.07, 6.45) is 3.45. The lowest BCUT2D eigenvalue weighted by atomic mass is 10.1. The minimum absolute atomic E-state index is 0.0131. The molecule has 29 heavy (non-hydrogen) atoms. The standard InChI is InChI=1S/C17H29N5O5S2/c1-10(23)20-11(5-7-29-2)17(27)22-6-3-4-13(22)16(26)21-12(9-28)15(25)19-8-14(18)24/h11-13,28H,3-9H2,1-2H3,(H2,18,24)(H,19,25)(H,20,23)(H,21,26)/t11?,12-,13?/m1/s1. The summed E-state index contributed by atoms with van der Waals surface area (Å²) in [5.41, 5.74) is 5.00. The summed E-state index contributed by atoms with van der Waals surface area (Å²) in [6.45, 7) is 1.39. The van der Waals surface area contributed by atoms with Gasteiger partial charge in [-0.25, -0.2) is 0 Å². The number of nitrogens with two attached hydrogens (primary N) is 1. The van der Waals surface area contributed by atoms with E-state index in [1.165, 1.54) is 11.8 Å². The number of thiol groups is 1. The summed E-state index contributed by atoms with van der Waals surface area (Å²) in [6, 6.07) is -2.40. The van der Waals surface area contributed by atoms with Crippen molar-refractivity contribution in [2.24, 2.45) is 5.73 Å². The van der Waals surface area contributed by atoms with Crippen LogP contribution in [0.5, 0.6) is 0 Å². The maximum Gasteiger partial charge on any atom is 0.245 e. The van der Waals surface area contributed by atoms with E-state index in [1.54, 1.807) is 11.8 Å². The Kier molecular flexibility index (Phi) is 10.9. The lowest BCUT2D eigenvalue weighted by Crippen LogP contribution is -2.57. The van der Waals surface area contributed by atoms with Crippen molar-refractivity contribution < 1.29 is 24.0 Å². The summed E-state index contributed by atoms with van der Waals surface area (Å²) in [5, 5.41) is 7.55. The lowest BCUT2D eigenvalue weighted by molar-refractivity contribution is -0.142. The van der Waals surface area contributed by atoms with E-state index in [9.17, 15) is 24.0 Å². The third-order valence-electron chi connectivity index (χ3n) is 4.38. The molecule has 0 bridgehead atoms. The third-order valence-corrected chi connectivity index (χ3v) is 5.39. The number of thioether (sulfide) groups is 1. The van der Waals surface area contributed by atoms with Gasteiger partial charge in [-0.2, -0.15) is 24.4 Å². The largest absolute Gasteiger partial charge is 0.368 e. The Morgan fingerprint density at radius 3 is 2.45 bits per heavy atom. The van der Waals surface area contributed by atoms with Crippen LogP contribution in [0.3, 0.4) is 0 Å². The van der Waals surface area contributed by atoms with Gasteiger partial charge in [0, 0.05) is 19.2 Å². The van der Waals surface area contributed by atoms with E-state index in [2.05, 4.69) is 28.6 Å². The number of hydrogen-bond acceptors (Lipinski definition) is 7. The van der Waals surface area contributed by atoms with Gasteiger partial charge in [-0.1, -0.05) is 0 Å². The van der Waals surface area contributed by atoms with Gasteiger partial charge < -0.3 is 26.6 Å². The molecule has 3 atom stereocenters. The van der Waals surface area contributed by atoms with Crippen LogP contribution in [0.4, 0.5) is 0 Å². The molecule has 0 aliphatic carbocycles. The Bertz CT molecular complexity index is 633. The summed E-state index contributed by atoms with van der Waals surface area (Å²) >= 11 is 5.62. The van der Waals surface area contributed by atoms with Gasteiger partial charge in [0.1, 0.15) is 18.1 Å². The summed E-state index contributed by atoms with van der Waals surface area (Å²) in [7, 11) is 0. The van der Waals surface area contributed by atoms with Crippen molar-refractivity contribution in [2.45, 2.75) is 44.3 Å². The fourth-order valence-electron chi connectivity index (χ4n) is 3.00. The van der Waals surface area contributed by atoms with E-state index in [0.717, 1.165) is 0 Å². The van der Waals surface area contributed by atoms with E-state index in [-0.39, 0.29) is 24.1 Å². The van der Waals surface area contributed by atoms with Gasteiger partial charge in [-0.3, -0.25) is 24.0 Å². The van der Waals surface area contributed by atoms with Gasteiger partial charge >= 0.3 is 0 Å². The molecule has 12 heteroatoms. The predicted octanol–water partition coefficient (Wildman–Crippen LogP) is -1.75. The Hall–Kier alpha value is -1.95. The first-order chi connectivity index (χ1) is 13.7. The molecule has 164 valence electrons. The number of nitrogens with zero attached hydrogens (tertiary/aromatic N) is 1. The average molecular weight is 448 g/mol. The number of rotatable bonds is 11. The molecule has 0 spiro atoms. The predicted molar refractivity (Wildman–Crippen MR) is 113 cm³/mol. The summed E-state index contributed by atoms with van der Waals surface area (Å²) < 4.78 is 0. The van der Waals surface area contributed by atoms with Crippen molar-refractivity contribution in [1.29, 1.82) is 0 Å². The fraction of sp³-hybridized carbons (Fsp3) is 0.706. The Balaban J connectivity index is 2.80. The first kappa shape index (κ1) is 25.1. The molecule has 2 unspecified atom stereocenters. The van der Waals surface area contributed by atoms with Gasteiger partial charge in [0.25, 0.3) is 0 Å². The van der Waals surface area contributed by atoms with Crippen molar-refractivity contribution in [2.75, 3.05) is 30.9 Å². The maximum absolute atomic E-state index is 12.9.